The number of carbonyl (C=O) groups excluding carboxylic acids is 1. The fourth-order valence-corrected chi connectivity index (χ4v) is 3.39. The average Bonchev–Trinajstić information content (AvgIpc) is 3.28. The Kier molecular flexibility index (Phi) is 3.58. The summed E-state index contributed by atoms with van der Waals surface area (Å²) < 4.78 is 2.02. The second-order valence-electron chi connectivity index (χ2n) is 6.46. The van der Waals surface area contributed by atoms with E-state index in [2.05, 4.69) is 24.9 Å². The topological polar surface area (TPSA) is 98.8 Å². The normalized spacial score (nSPS) is 12.7. The first-order chi connectivity index (χ1) is 13.7. The lowest BCUT2D eigenvalue weighted by Gasteiger charge is -2.05. The van der Waals surface area contributed by atoms with Crippen molar-refractivity contribution in [3.63, 3.8) is 0 Å². The van der Waals surface area contributed by atoms with Crippen LogP contribution < -0.4 is 0 Å². The van der Waals surface area contributed by atoms with Gasteiger partial charge in [-0.15, -0.1) is 0 Å². The molecule has 0 unspecified atom stereocenters. The van der Waals surface area contributed by atoms with E-state index in [0.717, 1.165) is 28.2 Å². The van der Waals surface area contributed by atoms with Crippen molar-refractivity contribution in [1.29, 1.82) is 0 Å². The van der Waals surface area contributed by atoms with Gasteiger partial charge in [-0.3, -0.25) is 4.79 Å². The smallest absolute Gasteiger partial charge is 0.277 e. The van der Waals surface area contributed by atoms with Gasteiger partial charge in [0.05, 0.1) is 11.1 Å². The van der Waals surface area contributed by atoms with E-state index in [1.807, 2.05) is 30.5 Å². The first-order valence-electron chi connectivity index (χ1n) is 8.88. The number of amides is 1. The van der Waals surface area contributed by atoms with E-state index in [-0.39, 0.29) is 5.91 Å². The third-order valence-corrected chi connectivity index (χ3v) is 4.76. The molecule has 0 bridgehead atoms. The fraction of sp³-hybridized carbons (Fsp3) is 0.150. The molecule has 0 atom stereocenters. The Morgan fingerprint density at radius 1 is 1.04 bits per heavy atom. The summed E-state index contributed by atoms with van der Waals surface area (Å²) in [6.45, 7) is 4.58. The molecular weight excluding hydrogens is 354 g/mol. The van der Waals surface area contributed by atoms with Gasteiger partial charge in [-0.25, -0.2) is 29.9 Å². The van der Waals surface area contributed by atoms with Crippen LogP contribution in [0.1, 0.15) is 28.7 Å². The molecule has 3 aromatic heterocycles. The van der Waals surface area contributed by atoms with E-state index in [0.29, 0.717) is 29.1 Å². The average molecular weight is 369 g/mol. The monoisotopic (exact) mass is 369 g/mol. The Bertz CT molecular complexity index is 1270. The van der Waals surface area contributed by atoms with Gasteiger partial charge < -0.3 is 4.57 Å². The van der Waals surface area contributed by atoms with Crippen LogP contribution in [0.3, 0.4) is 0 Å². The molecule has 5 rings (SSSR count). The van der Waals surface area contributed by atoms with Gasteiger partial charge in [0.2, 0.25) is 0 Å². The zero-order valence-corrected chi connectivity index (χ0v) is 15.3. The Morgan fingerprint density at radius 3 is 2.64 bits per heavy atom. The highest BCUT2D eigenvalue weighted by molar-refractivity contribution is 6.13. The Morgan fingerprint density at radius 2 is 1.86 bits per heavy atom. The highest BCUT2D eigenvalue weighted by Crippen LogP contribution is 2.30. The summed E-state index contributed by atoms with van der Waals surface area (Å²) >= 11 is 0. The van der Waals surface area contributed by atoms with Crippen molar-refractivity contribution in [2.24, 2.45) is 4.99 Å². The molecule has 1 aromatic carbocycles. The van der Waals surface area contributed by atoms with E-state index >= 15 is 0 Å². The van der Waals surface area contributed by atoms with Crippen LogP contribution in [0, 0.1) is 6.92 Å². The van der Waals surface area contributed by atoms with E-state index < -0.39 is 0 Å². The molecule has 8 heteroatoms. The van der Waals surface area contributed by atoms with Crippen LogP contribution in [0.5, 0.6) is 0 Å². The number of nitrogens with zero attached hydrogens (tertiary/aromatic N) is 7. The summed E-state index contributed by atoms with van der Waals surface area (Å²) in [5.41, 5.74) is 5.22. The molecule has 136 valence electrons. The summed E-state index contributed by atoms with van der Waals surface area (Å²) in [7, 11) is 0. The second kappa shape index (κ2) is 6.12. The van der Waals surface area contributed by atoms with Crippen molar-refractivity contribution in [3.8, 4) is 22.6 Å². The van der Waals surface area contributed by atoms with E-state index in [4.69, 9.17) is 4.98 Å². The van der Waals surface area contributed by atoms with Crippen LogP contribution in [0.4, 0.5) is 0 Å². The zero-order chi connectivity index (χ0) is 19.3. The highest BCUT2D eigenvalue weighted by atomic mass is 16.1. The molecule has 1 aliphatic heterocycles. The molecule has 0 aliphatic carbocycles. The van der Waals surface area contributed by atoms with Gasteiger partial charge in [-0.2, -0.15) is 0 Å². The lowest BCUT2D eigenvalue weighted by atomic mass is 10.0. The first kappa shape index (κ1) is 16.4. The molecule has 0 saturated carbocycles. The second-order valence-corrected chi connectivity index (χ2v) is 6.46. The van der Waals surface area contributed by atoms with E-state index in [1.54, 1.807) is 24.7 Å². The van der Waals surface area contributed by atoms with Crippen LogP contribution in [0.2, 0.25) is 0 Å². The summed E-state index contributed by atoms with van der Waals surface area (Å²) in [6.07, 6.45) is 6.65. The first-order valence-corrected chi connectivity index (χ1v) is 8.88. The van der Waals surface area contributed by atoms with E-state index in [9.17, 15) is 4.79 Å². The predicted molar refractivity (Wildman–Crippen MR) is 104 cm³/mol. The number of rotatable bonds is 3. The fourth-order valence-electron chi connectivity index (χ4n) is 3.39. The minimum absolute atomic E-state index is 0.216. The number of fused-ring (bicyclic) bond motifs is 2. The van der Waals surface area contributed by atoms with Gasteiger partial charge in [0, 0.05) is 36.3 Å². The van der Waals surface area contributed by atoms with Gasteiger partial charge in [0.15, 0.2) is 5.65 Å². The molecule has 8 nitrogen and oxygen atoms in total. The Labute approximate surface area is 160 Å². The molecule has 1 amide bonds. The molecule has 4 heterocycles. The van der Waals surface area contributed by atoms with Crippen LogP contribution in [0.25, 0.3) is 33.8 Å². The number of imidazole rings is 1. The SMILES string of the molecule is CCn1c(-c2cnc(C)nc2)nc2c(-c3ccc4c(c3)C=NC4=O)ncnc21. The van der Waals surface area contributed by atoms with Crippen LogP contribution in [-0.2, 0) is 6.54 Å². The zero-order valence-electron chi connectivity index (χ0n) is 15.3. The molecular formula is C20H15N7O. The van der Waals surface area contributed by atoms with Crippen molar-refractivity contribution in [3.05, 3.63) is 53.9 Å². The number of hydrogen-bond donors (Lipinski definition) is 0. The molecule has 28 heavy (non-hydrogen) atoms. The predicted octanol–water partition coefficient (Wildman–Crippen LogP) is 2.85. The van der Waals surface area contributed by atoms with Crippen molar-refractivity contribution in [2.45, 2.75) is 20.4 Å². The minimum Gasteiger partial charge on any atom is -0.309 e. The number of aromatic nitrogens is 6. The summed E-state index contributed by atoms with van der Waals surface area (Å²) in [5.74, 6) is 1.24. The van der Waals surface area contributed by atoms with Crippen molar-refractivity contribution in [1.82, 2.24) is 29.5 Å². The molecule has 4 aromatic rings. The third kappa shape index (κ3) is 2.42. The maximum Gasteiger partial charge on any atom is 0.277 e. The lowest BCUT2D eigenvalue weighted by Crippen LogP contribution is -2.00. The van der Waals surface area contributed by atoms with Gasteiger partial charge in [-0.1, -0.05) is 6.07 Å². The van der Waals surface area contributed by atoms with Crippen molar-refractivity contribution < 1.29 is 4.79 Å². The molecule has 1 aliphatic rings. The largest absolute Gasteiger partial charge is 0.309 e. The molecule has 0 N–H and O–H groups in total. The standard InChI is InChI=1S/C20H15N7O/c1-3-27-18(14-8-21-11(2)22-9-14)26-17-16(24-10-25-19(17)27)12-4-5-15-13(6-12)7-23-20(15)28/h4-10H,3H2,1-2H3. The highest BCUT2D eigenvalue weighted by Gasteiger charge is 2.20. The van der Waals surface area contributed by atoms with Crippen LogP contribution in [0.15, 0.2) is 41.9 Å². The number of aliphatic imine (C=N–C) groups is 1. The number of benzene rings is 1. The summed E-state index contributed by atoms with van der Waals surface area (Å²) in [5, 5.41) is 0. The number of aryl methyl sites for hydroxylation is 2. The van der Waals surface area contributed by atoms with E-state index in [1.165, 1.54) is 6.33 Å². The van der Waals surface area contributed by atoms with Crippen LogP contribution >= 0.6 is 0 Å². The van der Waals surface area contributed by atoms with Gasteiger partial charge in [0.25, 0.3) is 5.91 Å². The van der Waals surface area contributed by atoms with Gasteiger partial charge in [-0.05, 0) is 26.0 Å². The van der Waals surface area contributed by atoms with Crippen molar-refractivity contribution >= 4 is 23.3 Å². The summed E-state index contributed by atoms with van der Waals surface area (Å²) in [6, 6.07) is 5.55. The third-order valence-electron chi connectivity index (χ3n) is 4.76. The Hall–Kier alpha value is -3.81. The minimum atomic E-state index is -0.216. The number of carbonyl (C=O) groups is 1. The van der Waals surface area contributed by atoms with Gasteiger partial charge >= 0.3 is 0 Å². The quantitative estimate of drug-likeness (QED) is 0.551. The molecule has 0 radical (unpaired) electrons. The van der Waals surface area contributed by atoms with Crippen molar-refractivity contribution in [2.75, 3.05) is 0 Å². The lowest BCUT2D eigenvalue weighted by molar-refractivity contribution is 0.101. The molecule has 0 fully saturated rings. The number of hydrogen-bond acceptors (Lipinski definition) is 6. The van der Waals surface area contributed by atoms with Crippen LogP contribution in [-0.4, -0.2) is 41.6 Å². The molecule has 0 spiro atoms. The summed E-state index contributed by atoms with van der Waals surface area (Å²) in [4.78, 5) is 37.9. The van der Waals surface area contributed by atoms with Gasteiger partial charge in [0.1, 0.15) is 29.2 Å². The Balaban J connectivity index is 1.72. The maximum atomic E-state index is 11.7. The maximum absolute atomic E-state index is 11.7. The molecule has 0 saturated heterocycles.